The molecule has 5 nitrogen and oxygen atoms in total. The third kappa shape index (κ3) is 5.01. The highest BCUT2D eigenvalue weighted by Gasteiger charge is 2.12. The number of methoxy groups -OCH3 is 1. The van der Waals surface area contributed by atoms with E-state index in [0.29, 0.717) is 29.4 Å². The number of carbonyl (C=O) groups is 1. The van der Waals surface area contributed by atoms with Crippen LogP contribution in [0.5, 0.6) is 17.2 Å². The number of ether oxygens (including phenoxy) is 3. The van der Waals surface area contributed by atoms with Crippen molar-refractivity contribution in [1.29, 1.82) is 0 Å². The van der Waals surface area contributed by atoms with E-state index >= 15 is 0 Å². The summed E-state index contributed by atoms with van der Waals surface area (Å²) in [6.45, 7) is 2.74. The molecule has 4 aromatic carbocycles. The largest absolute Gasteiger partial charge is 0.497 e. The zero-order chi connectivity index (χ0) is 22.3. The molecule has 0 atom stereocenters. The molecular formula is C27H25NO4. The Bertz CT molecular complexity index is 1240. The van der Waals surface area contributed by atoms with Gasteiger partial charge in [-0.1, -0.05) is 36.4 Å². The van der Waals surface area contributed by atoms with Gasteiger partial charge in [0, 0.05) is 22.9 Å². The van der Waals surface area contributed by atoms with Crippen LogP contribution in [0.2, 0.25) is 0 Å². The number of fused-ring (bicyclic) bond motifs is 1. The Labute approximate surface area is 187 Å². The molecule has 0 unspecified atom stereocenters. The number of amides is 1. The monoisotopic (exact) mass is 427 g/mol. The van der Waals surface area contributed by atoms with E-state index in [9.17, 15) is 4.79 Å². The van der Waals surface area contributed by atoms with E-state index < -0.39 is 0 Å². The van der Waals surface area contributed by atoms with Crippen molar-refractivity contribution in [2.45, 2.75) is 13.5 Å². The van der Waals surface area contributed by atoms with Gasteiger partial charge in [0.05, 0.1) is 13.7 Å². The van der Waals surface area contributed by atoms with Crippen LogP contribution in [-0.4, -0.2) is 19.6 Å². The average Bonchev–Trinajstić information content (AvgIpc) is 2.83. The van der Waals surface area contributed by atoms with Gasteiger partial charge < -0.3 is 19.5 Å². The number of benzene rings is 4. The van der Waals surface area contributed by atoms with Crippen molar-refractivity contribution < 1.29 is 19.0 Å². The van der Waals surface area contributed by atoms with Crippen molar-refractivity contribution in [2.24, 2.45) is 0 Å². The van der Waals surface area contributed by atoms with Crippen LogP contribution in [0.25, 0.3) is 10.8 Å². The van der Waals surface area contributed by atoms with E-state index in [1.807, 2.05) is 67.6 Å². The lowest BCUT2D eigenvalue weighted by Crippen LogP contribution is -2.13. The Morgan fingerprint density at radius 2 is 1.66 bits per heavy atom. The smallest absolute Gasteiger partial charge is 0.255 e. The van der Waals surface area contributed by atoms with E-state index in [1.54, 1.807) is 19.2 Å². The molecule has 0 saturated carbocycles. The fourth-order valence-corrected chi connectivity index (χ4v) is 3.45. The van der Waals surface area contributed by atoms with Crippen LogP contribution in [-0.2, 0) is 6.61 Å². The SMILES string of the molecule is CCOc1ccc(C(=O)Nc2cccc(OC)c2)cc1COc1ccc2ccccc2c1. The minimum atomic E-state index is -0.215. The van der Waals surface area contributed by atoms with Gasteiger partial charge >= 0.3 is 0 Å². The molecule has 0 aromatic heterocycles. The fourth-order valence-electron chi connectivity index (χ4n) is 3.45. The maximum absolute atomic E-state index is 12.8. The molecule has 5 heteroatoms. The zero-order valence-corrected chi connectivity index (χ0v) is 18.1. The van der Waals surface area contributed by atoms with Crippen LogP contribution < -0.4 is 19.5 Å². The molecular weight excluding hydrogens is 402 g/mol. The maximum atomic E-state index is 12.8. The summed E-state index contributed by atoms with van der Waals surface area (Å²) < 4.78 is 17.0. The molecule has 0 aliphatic rings. The summed E-state index contributed by atoms with van der Waals surface area (Å²) in [7, 11) is 1.59. The lowest BCUT2D eigenvalue weighted by Gasteiger charge is -2.14. The zero-order valence-electron chi connectivity index (χ0n) is 18.1. The summed E-state index contributed by atoms with van der Waals surface area (Å²) in [6.07, 6.45) is 0. The first-order valence-electron chi connectivity index (χ1n) is 10.5. The van der Waals surface area contributed by atoms with Crippen molar-refractivity contribution in [3.05, 3.63) is 96.1 Å². The Morgan fingerprint density at radius 1 is 0.812 bits per heavy atom. The minimum Gasteiger partial charge on any atom is -0.497 e. The number of anilines is 1. The molecule has 32 heavy (non-hydrogen) atoms. The molecule has 162 valence electrons. The lowest BCUT2D eigenvalue weighted by molar-refractivity contribution is 0.102. The summed E-state index contributed by atoms with van der Waals surface area (Å²) in [5.41, 5.74) is 1.99. The number of nitrogens with one attached hydrogen (secondary N) is 1. The topological polar surface area (TPSA) is 56.8 Å². The maximum Gasteiger partial charge on any atom is 0.255 e. The molecule has 1 N–H and O–H groups in total. The van der Waals surface area contributed by atoms with Crippen molar-refractivity contribution in [3.8, 4) is 17.2 Å². The number of rotatable bonds is 8. The first kappa shape index (κ1) is 21.2. The molecule has 0 saturated heterocycles. The molecule has 0 aliphatic heterocycles. The summed E-state index contributed by atoms with van der Waals surface area (Å²) in [5.74, 6) is 1.93. The van der Waals surface area contributed by atoms with E-state index in [-0.39, 0.29) is 12.5 Å². The molecule has 0 fully saturated rings. The van der Waals surface area contributed by atoms with Gasteiger partial charge in [-0.15, -0.1) is 0 Å². The molecule has 0 aliphatic carbocycles. The molecule has 4 aromatic rings. The molecule has 1 amide bonds. The van der Waals surface area contributed by atoms with Crippen molar-refractivity contribution in [1.82, 2.24) is 0 Å². The number of carbonyl (C=O) groups excluding carboxylic acids is 1. The Morgan fingerprint density at radius 3 is 2.47 bits per heavy atom. The quantitative estimate of drug-likeness (QED) is 0.370. The lowest BCUT2D eigenvalue weighted by atomic mass is 10.1. The summed E-state index contributed by atoms with van der Waals surface area (Å²) in [4.78, 5) is 12.8. The first-order chi connectivity index (χ1) is 15.7. The van der Waals surface area contributed by atoms with E-state index in [1.165, 1.54) is 0 Å². The van der Waals surface area contributed by atoms with Gasteiger partial charge in [0.2, 0.25) is 0 Å². The summed E-state index contributed by atoms with van der Waals surface area (Å²) in [6, 6.07) is 26.7. The highest BCUT2D eigenvalue weighted by Crippen LogP contribution is 2.26. The van der Waals surface area contributed by atoms with Gasteiger partial charge in [-0.2, -0.15) is 0 Å². The predicted molar refractivity (Wildman–Crippen MR) is 127 cm³/mol. The third-order valence-electron chi connectivity index (χ3n) is 5.07. The Hall–Kier alpha value is -3.99. The van der Waals surface area contributed by atoms with Crippen molar-refractivity contribution in [2.75, 3.05) is 19.0 Å². The van der Waals surface area contributed by atoms with Crippen LogP contribution in [0.4, 0.5) is 5.69 Å². The highest BCUT2D eigenvalue weighted by molar-refractivity contribution is 6.04. The Kier molecular flexibility index (Phi) is 6.56. The molecule has 0 bridgehead atoms. The second-order valence-electron chi connectivity index (χ2n) is 7.24. The molecule has 4 rings (SSSR count). The standard InChI is InChI=1S/C27H25NO4/c1-3-31-26-14-12-21(27(29)28-23-9-6-10-24(17-23)30-2)15-22(26)18-32-25-13-11-19-7-4-5-8-20(19)16-25/h4-17H,3,18H2,1-2H3,(H,28,29). The summed E-state index contributed by atoms with van der Waals surface area (Å²) >= 11 is 0. The minimum absolute atomic E-state index is 0.215. The van der Waals surface area contributed by atoms with Gasteiger partial charge in [-0.25, -0.2) is 0 Å². The van der Waals surface area contributed by atoms with Gasteiger partial charge in [0.1, 0.15) is 23.9 Å². The molecule has 0 heterocycles. The van der Waals surface area contributed by atoms with Crippen molar-refractivity contribution >= 4 is 22.4 Å². The van der Waals surface area contributed by atoms with Gasteiger partial charge in [-0.3, -0.25) is 4.79 Å². The average molecular weight is 428 g/mol. The van der Waals surface area contributed by atoms with Crippen LogP contribution in [0.1, 0.15) is 22.8 Å². The second kappa shape index (κ2) is 9.88. The first-order valence-corrected chi connectivity index (χ1v) is 10.5. The highest BCUT2D eigenvalue weighted by atomic mass is 16.5. The van der Waals surface area contributed by atoms with Gasteiger partial charge in [0.15, 0.2) is 0 Å². The summed E-state index contributed by atoms with van der Waals surface area (Å²) in [5, 5.41) is 5.18. The molecule has 0 radical (unpaired) electrons. The second-order valence-corrected chi connectivity index (χ2v) is 7.24. The normalized spacial score (nSPS) is 10.6. The number of hydrogen-bond donors (Lipinski definition) is 1. The van der Waals surface area contributed by atoms with E-state index in [2.05, 4.69) is 17.4 Å². The van der Waals surface area contributed by atoms with Gasteiger partial charge in [0.25, 0.3) is 5.91 Å². The van der Waals surface area contributed by atoms with E-state index in [4.69, 9.17) is 14.2 Å². The van der Waals surface area contributed by atoms with Gasteiger partial charge in [-0.05, 0) is 60.2 Å². The fraction of sp³-hybridized carbons (Fsp3) is 0.148. The predicted octanol–water partition coefficient (Wildman–Crippen LogP) is 6.08. The van der Waals surface area contributed by atoms with Crippen LogP contribution in [0.15, 0.2) is 84.9 Å². The van der Waals surface area contributed by atoms with Crippen LogP contribution >= 0.6 is 0 Å². The Balaban J connectivity index is 1.53. The van der Waals surface area contributed by atoms with Crippen LogP contribution in [0.3, 0.4) is 0 Å². The van der Waals surface area contributed by atoms with Crippen molar-refractivity contribution in [3.63, 3.8) is 0 Å². The van der Waals surface area contributed by atoms with E-state index in [0.717, 1.165) is 22.1 Å². The molecule has 0 spiro atoms. The van der Waals surface area contributed by atoms with Crippen LogP contribution in [0, 0.1) is 0 Å². The third-order valence-corrected chi connectivity index (χ3v) is 5.07. The number of hydrogen-bond acceptors (Lipinski definition) is 4.